The summed E-state index contributed by atoms with van der Waals surface area (Å²) in [6, 6.07) is 4.46. The van der Waals surface area contributed by atoms with E-state index in [-0.39, 0.29) is 23.4 Å². The Kier molecular flexibility index (Phi) is 5.01. The van der Waals surface area contributed by atoms with Crippen molar-refractivity contribution in [3.05, 3.63) is 33.9 Å². The number of hydrogen-bond donors (Lipinski definition) is 0. The molecule has 0 N–H and O–H groups in total. The zero-order chi connectivity index (χ0) is 15.4. The Bertz CT molecular complexity index is 546. The fourth-order valence-corrected chi connectivity index (χ4v) is 2.55. The van der Waals surface area contributed by atoms with Gasteiger partial charge in [-0.3, -0.25) is 14.9 Å². The summed E-state index contributed by atoms with van der Waals surface area (Å²) in [6.45, 7) is 0.449. The highest BCUT2D eigenvalue weighted by molar-refractivity contribution is 6.18. The molecule has 6 nitrogen and oxygen atoms in total. The first-order valence-corrected chi connectivity index (χ1v) is 7.31. The van der Waals surface area contributed by atoms with Crippen molar-refractivity contribution in [1.82, 2.24) is 4.90 Å². The number of alkyl halides is 1. The van der Waals surface area contributed by atoms with Gasteiger partial charge in [-0.15, -0.1) is 11.6 Å². The SMILES string of the molecule is COc1ccc(C(=O)N(CCCl)C2CCC2)cc1[N+](=O)[O-]. The van der Waals surface area contributed by atoms with Gasteiger partial charge in [0.05, 0.1) is 12.0 Å². The van der Waals surface area contributed by atoms with E-state index in [0.29, 0.717) is 18.0 Å². The summed E-state index contributed by atoms with van der Waals surface area (Å²) in [5.74, 6) is 0.274. The number of methoxy groups -OCH3 is 1. The second kappa shape index (κ2) is 6.76. The first-order chi connectivity index (χ1) is 10.1. The molecule has 1 fully saturated rings. The van der Waals surface area contributed by atoms with Gasteiger partial charge in [0.2, 0.25) is 0 Å². The van der Waals surface area contributed by atoms with Gasteiger partial charge in [0.1, 0.15) is 0 Å². The Morgan fingerprint density at radius 1 is 1.52 bits per heavy atom. The smallest absolute Gasteiger partial charge is 0.311 e. The van der Waals surface area contributed by atoms with E-state index in [9.17, 15) is 14.9 Å². The van der Waals surface area contributed by atoms with Crippen molar-refractivity contribution in [2.45, 2.75) is 25.3 Å². The maximum atomic E-state index is 12.5. The van der Waals surface area contributed by atoms with Crippen LogP contribution in [-0.4, -0.2) is 41.3 Å². The minimum Gasteiger partial charge on any atom is -0.490 e. The summed E-state index contributed by atoms with van der Waals surface area (Å²) in [6.07, 6.45) is 3.02. The number of nitro benzene ring substituents is 1. The van der Waals surface area contributed by atoms with Gasteiger partial charge in [-0.25, -0.2) is 0 Å². The Morgan fingerprint density at radius 3 is 2.71 bits per heavy atom. The van der Waals surface area contributed by atoms with Crippen LogP contribution in [0.2, 0.25) is 0 Å². The highest BCUT2D eigenvalue weighted by atomic mass is 35.5. The minimum atomic E-state index is -0.551. The van der Waals surface area contributed by atoms with Crippen LogP contribution in [0.1, 0.15) is 29.6 Å². The highest BCUT2D eigenvalue weighted by Gasteiger charge is 2.30. The molecule has 0 aromatic heterocycles. The molecule has 1 aromatic carbocycles. The van der Waals surface area contributed by atoms with Crippen molar-refractivity contribution in [3.8, 4) is 5.75 Å². The number of ether oxygens (including phenoxy) is 1. The van der Waals surface area contributed by atoms with Crippen molar-refractivity contribution >= 4 is 23.2 Å². The molecule has 0 radical (unpaired) electrons. The molecule has 0 atom stereocenters. The summed E-state index contributed by atoms with van der Waals surface area (Å²) in [5, 5.41) is 11.0. The van der Waals surface area contributed by atoms with Crippen molar-refractivity contribution in [3.63, 3.8) is 0 Å². The van der Waals surface area contributed by atoms with E-state index in [1.807, 2.05) is 0 Å². The fraction of sp³-hybridized carbons (Fsp3) is 0.500. The molecule has 21 heavy (non-hydrogen) atoms. The van der Waals surface area contributed by atoms with Gasteiger partial charge < -0.3 is 9.64 Å². The number of halogens is 1. The Labute approximate surface area is 127 Å². The number of amides is 1. The normalized spacial score (nSPS) is 14.4. The lowest BCUT2D eigenvalue weighted by atomic mass is 9.91. The first-order valence-electron chi connectivity index (χ1n) is 6.78. The van der Waals surface area contributed by atoms with Crippen molar-refractivity contribution in [2.75, 3.05) is 19.5 Å². The fourth-order valence-electron chi connectivity index (χ4n) is 2.37. The molecule has 1 saturated carbocycles. The lowest BCUT2D eigenvalue weighted by molar-refractivity contribution is -0.385. The monoisotopic (exact) mass is 312 g/mol. The van der Waals surface area contributed by atoms with E-state index in [4.69, 9.17) is 16.3 Å². The standard InChI is InChI=1S/C14H17ClN2O4/c1-21-13-6-5-10(9-12(13)17(19)20)14(18)16(8-7-15)11-3-2-4-11/h5-6,9,11H,2-4,7-8H2,1H3. The molecular weight excluding hydrogens is 296 g/mol. The van der Waals surface area contributed by atoms with E-state index < -0.39 is 4.92 Å². The van der Waals surface area contributed by atoms with E-state index in [2.05, 4.69) is 0 Å². The van der Waals surface area contributed by atoms with Gasteiger partial charge in [0.25, 0.3) is 5.91 Å². The molecule has 0 bridgehead atoms. The number of nitro groups is 1. The van der Waals surface area contributed by atoms with Gasteiger partial charge in [-0.1, -0.05) is 0 Å². The van der Waals surface area contributed by atoms with E-state index in [1.54, 1.807) is 11.0 Å². The first kappa shape index (κ1) is 15.6. The zero-order valence-corrected chi connectivity index (χ0v) is 12.5. The average molecular weight is 313 g/mol. The van der Waals surface area contributed by atoms with Crippen LogP contribution < -0.4 is 4.74 Å². The van der Waals surface area contributed by atoms with Gasteiger partial charge in [-0.2, -0.15) is 0 Å². The van der Waals surface area contributed by atoms with Crippen molar-refractivity contribution in [1.29, 1.82) is 0 Å². The van der Waals surface area contributed by atoms with Crippen molar-refractivity contribution in [2.24, 2.45) is 0 Å². The number of rotatable bonds is 6. The molecule has 1 aliphatic carbocycles. The lowest BCUT2D eigenvalue weighted by Crippen LogP contribution is -2.45. The Hall–Kier alpha value is -1.82. The number of carbonyl (C=O) groups is 1. The molecule has 0 aliphatic heterocycles. The van der Waals surface area contributed by atoms with Crippen LogP contribution in [0.4, 0.5) is 5.69 Å². The van der Waals surface area contributed by atoms with Gasteiger partial charge in [0, 0.05) is 30.1 Å². The van der Waals surface area contributed by atoms with Crippen LogP contribution in [0.3, 0.4) is 0 Å². The van der Waals surface area contributed by atoms with Crippen LogP contribution >= 0.6 is 11.6 Å². The Balaban J connectivity index is 2.28. The quantitative estimate of drug-likeness (QED) is 0.460. The molecule has 2 rings (SSSR count). The summed E-state index contributed by atoms with van der Waals surface area (Å²) in [7, 11) is 1.36. The highest BCUT2D eigenvalue weighted by Crippen LogP contribution is 2.30. The van der Waals surface area contributed by atoms with Crippen LogP contribution in [0.15, 0.2) is 18.2 Å². The lowest BCUT2D eigenvalue weighted by Gasteiger charge is -2.37. The molecular formula is C14H17ClN2O4. The summed E-state index contributed by atoms with van der Waals surface area (Å²) >= 11 is 5.76. The molecule has 1 aromatic rings. The Morgan fingerprint density at radius 2 is 2.24 bits per heavy atom. The number of benzene rings is 1. The molecule has 0 heterocycles. The second-order valence-corrected chi connectivity index (χ2v) is 5.29. The van der Waals surface area contributed by atoms with Crippen LogP contribution in [0.25, 0.3) is 0 Å². The summed E-state index contributed by atoms with van der Waals surface area (Å²) in [4.78, 5) is 24.7. The molecule has 0 spiro atoms. The summed E-state index contributed by atoms with van der Waals surface area (Å²) < 4.78 is 4.94. The third-order valence-electron chi connectivity index (χ3n) is 3.72. The molecule has 1 amide bonds. The van der Waals surface area contributed by atoms with E-state index in [0.717, 1.165) is 19.3 Å². The van der Waals surface area contributed by atoms with Gasteiger partial charge in [0.15, 0.2) is 5.75 Å². The molecule has 1 aliphatic rings. The second-order valence-electron chi connectivity index (χ2n) is 4.92. The average Bonchev–Trinajstić information content (AvgIpc) is 2.43. The zero-order valence-electron chi connectivity index (χ0n) is 11.8. The van der Waals surface area contributed by atoms with Gasteiger partial charge >= 0.3 is 5.69 Å². The maximum Gasteiger partial charge on any atom is 0.311 e. The number of nitrogens with zero attached hydrogens (tertiary/aromatic N) is 2. The topological polar surface area (TPSA) is 72.7 Å². The van der Waals surface area contributed by atoms with Crippen molar-refractivity contribution < 1.29 is 14.5 Å². The van der Waals surface area contributed by atoms with Crippen LogP contribution in [0.5, 0.6) is 5.75 Å². The molecule has 0 unspecified atom stereocenters. The molecule has 7 heteroatoms. The van der Waals surface area contributed by atoms with Crippen LogP contribution in [0, 0.1) is 10.1 Å². The predicted octanol–water partition coefficient (Wildman–Crippen LogP) is 2.84. The third kappa shape index (κ3) is 3.26. The molecule has 114 valence electrons. The summed E-state index contributed by atoms with van der Waals surface area (Å²) in [5.41, 5.74) is 0.0855. The molecule has 0 saturated heterocycles. The predicted molar refractivity (Wildman–Crippen MR) is 79.0 cm³/mol. The number of hydrogen-bond acceptors (Lipinski definition) is 4. The number of carbonyl (C=O) groups excluding carboxylic acids is 1. The maximum absolute atomic E-state index is 12.5. The third-order valence-corrected chi connectivity index (χ3v) is 3.89. The van der Waals surface area contributed by atoms with Gasteiger partial charge in [-0.05, 0) is 31.4 Å². The van der Waals surface area contributed by atoms with E-state index >= 15 is 0 Å². The largest absolute Gasteiger partial charge is 0.490 e. The van der Waals surface area contributed by atoms with E-state index in [1.165, 1.54) is 19.2 Å². The van der Waals surface area contributed by atoms with Crippen LogP contribution in [-0.2, 0) is 0 Å². The minimum absolute atomic E-state index is 0.143.